The van der Waals surface area contributed by atoms with Crippen molar-refractivity contribution in [3.05, 3.63) is 0 Å². The third kappa shape index (κ3) is 9.61. The molecule has 0 saturated heterocycles. The highest BCUT2D eigenvalue weighted by molar-refractivity contribution is 7.99. The van der Waals surface area contributed by atoms with Crippen LogP contribution in [-0.2, 0) is 9.53 Å². The fourth-order valence-corrected chi connectivity index (χ4v) is 1.76. The van der Waals surface area contributed by atoms with E-state index in [1.54, 1.807) is 11.8 Å². The summed E-state index contributed by atoms with van der Waals surface area (Å²) >= 11 is 1.55. The molecule has 0 rings (SSSR count). The number of carbonyl (C=O) groups excluding carboxylic acids is 1. The summed E-state index contributed by atoms with van der Waals surface area (Å²) in [5, 5.41) is 8.35. The molecule has 3 nitrogen and oxygen atoms in total. The number of ether oxygens (including phenoxy) is 1. The smallest absolute Gasteiger partial charge is 0.306 e. The van der Waals surface area contributed by atoms with Gasteiger partial charge in [-0.15, -0.1) is 11.8 Å². The van der Waals surface area contributed by atoms with Crippen molar-refractivity contribution < 1.29 is 9.53 Å². The quantitative estimate of drug-likeness (QED) is 0.537. The number of thioether (sulfide) groups is 1. The topological polar surface area (TPSA) is 50.1 Å². The second-order valence-electron chi connectivity index (χ2n) is 4.57. The SMILES string of the molecule is C[C@H](CSCC#N)CC(=O)OC(C)(C)C. The number of nitrogens with zero attached hydrogens (tertiary/aromatic N) is 1. The Morgan fingerprint density at radius 2 is 2.13 bits per heavy atom. The Balaban J connectivity index is 3.73. The van der Waals surface area contributed by atoms with Gasteiger partial charge in [0.2, 0.25) is 0 Å². The highest BCUT2D eigenvalue weighted by Crippen LogP contribution is 2.15. The van der Waals surface area contributed by atoms with E-state index < -0.39 is 5.60 Å². The molecule has 0 aliphatic heterocycles. The molecule has 86 valence electrons. The number of hydrogen-bond donors (Lipinski definition) is 0. The monoisotopic (exact) mass is 229 g/mol. The molecule has 0 aromatic rings. The van der Waals surface area contributed by atoms with Gasteiger partial charge in [0.05, 0.1) is 11.8 Å². The van der Waals surface area contributed by atoms with Crippen LogP contribution in [0.2, 0.25) is 0 Å². The lowest BCUT2D eigenvalue weighted by Crippen LogP contribution is -2.25. The largest absolute Gasteiger partial charge is 0.460 e. The molecule has 0 unspecified atom stereocenters. The summed E-state index contributed by atoms with van der Waals surface area (Å²) < 4.78 is 5.20. The highest BCUT2D eigenvalue weighted by atomic mass is 32.2. The van der Waals surface area contributed by atoms with Crippen molar-refractivity contribution in [1.82, 2.24) is 0 Å². The van der Waals surface area contributed by atoms with Crippen LogP contribution < -0.4 is 0 Å². The summed E-state index contributed by atoms with van der Waals surface area (Å²) in [6.07, 6.45) is 0.426. The standard InChI is InChI=1S/C11H19NO2S/c1-9(8-15-6-5-12)7-10(13)14-11(2,3)4/h9H,6-8H2,1-4H3/t9-/m0/s1. The summed E-state index contributed by atoms with van der Waals surface area (Å²) in [7, 11) is 0. The molecule has 0 saturated carbocycles. The Bertz CT molecular complexity index is 240. The molecular formula is C11H19NO2S. The number of carbonyl (C=O) groups is 1. The van der Waals surface area contributed by atoms with E-state index in [9.17, 15) is 4.79 Å². The molecule has 4 heteroatoms. The zero-order valence-electron chi connectivity index (χ0n) is 9.87. The first-order valence-corrected chi connectivity index (χ1v) is 6.17. The fraction of sp³-hybridized carbons (Fsp3) is 0.818. The minimum absolute atomic E-state index is 0.160. The Hall–Kier alpha value is -0.690. The van der Waals surface area contributed by atoms with Crippen LogP contribution in [0.1, 0.15) is 34.1 Å². The van der Waals surface area contributed by atoms with Gasteiger partial charge in [-0.25, -0.2) is 0 Å². The molecule has 0 radical (unpaired) electrons. The van der Waals surface area contributed by atoms with E-state index >= 15 is 0 Å². The number of rotatable bonds is 5. The average Bonchev–Trinajstić information content (AvgIpc) is 2.00. The van der Waals surface area contributed by atoms with Crippen molar-refractivity contribution in [2.75, 3.05) is 11.5 Å². The van der Waals surface area contributed by atoms with Gasteiger partial charge in [-0.2, -0.15) is 5.26 Å². The van der Waals surface area contributed by atoms with Crippen molar-refractivity contribution >= 4 is 17.7 Å². The maximum Gasteiger partial charge on any atom is 0.306 e. The van der Waals surface area contributed by atoms with E-state index in [1.165, 1.54) is 0 Å². The molecule has 0 aromatic carbocycles. The molecule has 0 heterocycles. The maximum absolute atomic E-state index is 11.4. The molecule has 0 aliphatic rings. The number of nitriles is 1. The first-order chi connectivity index (χ1) is 6.85. The van der Waals surface area contributed by atoms with Crippen LogP contribution in [0.4, 0.5) is 0 Å². The van der Waals surface area contributed by atoms with Gasteiger partial charge in [0.1, 0.15) is 5.60 Å². The highest BCUT2D eigenvalue weighted by Gasteiger charge is 2.18. The lowest BCUT2D eigenvalue weighted by atomic mass is 10.1. The lowest BCUT2D eigenvalue weighted by molar-refractivity contribution is -0.155. The minimum atomic E-state index is -0.406. The molecule has 0 aliphatic carbocycles. The average molecular weight is 229 g/mol. The van der Waals surface area contributed by atoms with Gasteiger partial charge < -0.3 is 4.74 Å². The van der Waals surface area contributed by atoms with Crippen molar-refractivity contribution in [3.8, 4) is 6.07 Å². The van der Waals surface area contributed by atoms with E-state index in [2.05, 4.69) is 6.07 Å². The van der Waals surface area contributed by atoms with Crippen molar-refractivity contribution in [1.29, 1.82) is 5.26 Å². The van der Waals surface area contributed by atoms with Gasteiger partial charge in [-0.05, 0) is 32.4 Å². The van der Waals surface area contributed by atoms with Crippen LogP contribution in [0, 0.1) is 17.2 Å². The van der Waals surface area contributed by atoms with Crippen LogP contribution in [-0.4, -0.2) is 23.1 Å². The molecule has 0 bridgehead atoms. The van der Waals surface area contributed by atoms with Crippen LogP contribution in [0.3, 0.4) is 0 Å². The third-order valence-corrected chi connectivity index (χ3v) is 2.64. The summed E-state index contributed by atoms with van der Waals surface area (Å²) in [4.78, 5) is 11.4. The molecule has 0 aromatic heterocycles. The first kappa shape index (κ1) is 14.3. The van der Waals surface area contributed by atoms with Gasteiger partial charge in [0.15, 0.2) is 0 Å². The molecule has 0 fully saturated rings. The van der Waals surface area contributed by atoms with Gasteiger partial charge in [-0.1, -0.05) is 6.92 Å². The van der Waals surface area contributed by atoms with E-state index in [-0.39, 0.29) is 11.9 Å². The molecule has 0 N–H and O–H groups in total. The van der Waals surface area contributed by atoms with E-state index in [1.807, 2.05) is 27.7 Å². The van der Waals surface area contributed by atoms with Crippen LogP contribution in [0.5, 0.6) is 0 Å². The summed E-state index contributed by atoms with van der Waals surface area (Å²) in [6.45, 7) is 7.58. The van der Waals surface area contributed by atoms with E-state index in [4.69, 9.17) is 10.00 Å². The predicted octanol–water partition coefficient (Wildman–Crippen LogP) is 2.61. The molecule has 0 amide bonds. The fourth-order valence-electron chi connectivity index (χ4n) is 1.03. The second kappa shape index (κ2) is 6.73. The second-order valence-corrected chi connectivity index (χ2v) is 5.60. The maximum atomic E-state index is 11.4. The minimum Gasteiger partial charge on any atom is -0.460 e. The van der Waals surface area contributed by atoms with Crippen LogP contribution >= 0.6 is 11.8 Å². The normalized spacial score (nSPS) is 13.0. The summed E-state index contributed by atoms with van der Waals surface area (Å²) in [6, 6.07) is 2.06. The van der Waals surface area contributed by atoms with Crippen molar-refractivity contribution in [2.24, 2.45) is 5.92 Å². The number of hydrogen-bond acceptors (Lipinski definition) is 4. The van der Waals surface area contributed by atoms with E-state index in [0.29, 0.717) is 12.2 Å². The van der Waals surface area contributed by atoms with Gasteiger partial charge in [0.25, 0.3) is 0 Å². The van der Waals surface area contributed by atoms with Crippen LogP contribution in [0.15, 0.2) is 0 Å². The number of esters is 1. The van der Waals surface area contributed by atoms with Crippen molar-refractivity contribution in [2.45, 2.75) is 39.7 Å². The summed E-state index contributed by atoms with van der Waals surface area (Å²) in [5.74, 6) is 1.41. The zero-order valence-corrected chi connectivity index (χ0v) is 10.7. The predicted molar refractivity (Wildman–Crippen MR) is 62.6 cm³/mol. The van der Waals surface area contributed by atoms with Crippen molar-refractivity contribution in [3.63, 3.8) is 0 Å². The molecule has 1 atom stereocenters. The Morgan fingerprint density at radius 3 is 2.60 bits per heavy atom. The lowest BCUT2D eigenvalue weighted by Gasteiger charge is -2.20. The molecule has 0 spiro atoms. The third-order valence-electron chi connectivity index (χ3n) is 1.50. The van der Waals surface area contributed by atoms with Crippen LogP contribution in [0.25, 0.3) is 0 Å². The first-order valence-electron chi connectivity index (χ1n) is 5.01. The van der Waals surface area contributed by atoms with Gasteiger partial charge in [-0.3, -0.25) is 4.79 Å². The summed E-state index contributed by atoms with van der Waals surface area (Å²) in [5.41, 5.74) is -0.406. The zero-order chi connectivity index (χ0) is 11.9. The van der Waals surface area contributed by atoms with E-state index in [0.717, 1.165) is 5.75 Å². The molecular weight excluding hydrogens is 210 g/mol. The Morgan fingerprint density at radius 1 is 1.53 bits per heavy atom. The Labute approximate surface area is 96.2 Å². The van der Waals surface area contributed by atoms with Gasteiger partial charge in [0, 0.05) is 6.42 Å². The Kier molecular flexibility index (Phi) is 6.42. The van der Waals surface area contributed by atoms with Gasteiger partial charge >= 0.3 is 5.97 Å². The molecule has 15 heavy (non-hydrogen) atoms.